The molecule has 1 unspecified atom stereocenters. The zero-order chi connectivity index (χ0) is 14.5. The Hall–Kier alpha value is -1.52. The third-order valence-electron chi connectivity index (χ3n) is 2.71. The van der Waals surface area contributed by atoms with Crippen molar-refractivity contribution in [3.05, 3.63) is 70.5 Å². The molecule has 2 nitrogen and oxygen atoms in total. The number of ketones is 1. The van der Waals surface area contributed by atoms with Gasteiger partial charge >= 0.3 is 0 Å². The van der Waals surface area contributed by atoms with E-state index in [0.29, 0.717) is 5.02 Å². The van der Waals surface area contributed by atoms with Crippen molar-refractivity contribution in [2.24, 2.45) is 0 Å². The molecule has 2 aromatic carbocycles. The summed E-state index contributed by atoms with van der Waals surface area (Å²) >= 11 is 5.97. The Morgan fingerprint density at radius 3 is 2.60 bits per heavy atom. The fourth-order valence-electron chi connectivity index (χ4n) is 1.73. The number of hydrogen-bond donors (Lipinski definition) is 0. The van der Waals surface area contributed by atoms with Gasteiger partial charge in [0.1, 0.15) is 5.82 Å². The van der Waals surface area contributed by atoms with Gasteiger partial charge in [0.25, 0.3) is 0 Å². The van der Waals surface area contributed by atoms with Crippen molar-refractivity contribution >= 4 is 28.2 Å². The zero-order valence-electron chi connectivity index (χ0n) is 10.5. The average Bonchev–Trinajstić information content (AvgIpc) is 2.41. The van der Waals surface area contributed by atoms with Crippen LogP contribution < -0.4 is 0 Å². The Labute approximate surface area is 124 Å². The van der Waals surface area contributed by atoms with E-state index in [2.05, 4.69) is 0 Å². The summed E-state index contributed by atoms with van der Waals surface area (Å²) in [5, 5.41) is 0.527. The highest BCUT2D eigenvalue weighted by Gasteiger charge is 2.12. The van der Waals surface area contributed by atoms with Crippen LogP contribution in [0.4, 0.5) is 4.39 Å². The summed E-state index contributed by atoms with van der Waals surface area (Å²) in [5.41, 5.74) is 0.969. The maximum absolute atomic E-state index is 13.0. The first-order valence-corrected chi connectivity index (χ1v) is 7.80. The van der Waals surface area contributed by atoms with Crippen LogP contribution in [-0.4, -0.2) is 15.7 Å². The molecule has 0 aliphatic heterocycles. The monoisotopic (exact) mass is 310 g/mol. The lowest BCUT2D eigenvalue weighted by Crippen LogP contribution is -2.12. The van der Waals surface area contributed by atoms with Crippen molar-refractivity contribution in [2.75, 3.05) is 5.75 Å². The Balaban J connectivity index is 2.02. The molecule has 0 N–H and O–H groups in total. The second kappa shape index (κ2) is 6.77. The number of rotatable bonds is 5. The van der Waals surface area contributed by atoms with E-state index in [0.717, 1.165) is 11.6 Å². The lowest BCUT2D eigenvalue weighted by atomic mass is 10.1. The van der Waals surface area contributed by atoms with Gasteiger partial charge in [-0.15, -0.1) is 0 Å². The molecule has 1 atom stereocenters. The van der Waals surface area contributed by atoms with E-state index in [4.69, 9.17) is 11.6 Å². The molecule has 0 aliphatic rings. The van der Waals surface area contributed by atoms with Crippen molar-refractivity contribution in [2.45, 2.75) is 5.75 Å². The molecule has 0 bridgehead atoms. The minimum Gasteiger partial charge on any atom is -0.293 e. The lowest BCUT2D eigenvalue weighted by Gasteiger charge is -2.04. The molecule has 0 spiro atoms. The summed E-state index contributed by atoms with van der Waals surface area (Å²) in [7, 11) is -1.37. The molecule has 104 valence electrons. The molecule has 0 radical (unpaired) electrons. The van der Waals surface area contributed by atoms with Crippen LogP contribution in [0, 0.1) is 5.82 Å². The van der Waals surface area contributed by atoms with Gasteiger partial charge in [-0.2, -0.15) is 0 Å². The quantitative estimate of drug-likeness (QED) is 0.791. The number of halogens is 2. The highest BCUT2D eigenvalue weighted by Crippen LogP contribution is 2.17. The maximum atomic E-state index is 13.0. The topological polar surface area (TPSA) is 34.1 Å². The smallest absolute Gasteiger partial charge is 0.175 e. The molecule has 0 aliphatic carbocycles. The van der Waals surface area contributed by atoms with Crippen LogP contribution in [0.2, 0.25) is 5.02 Å². The predicted octanol–water partition coefficient (Wildman–Crippen LogP) is 3.61. The normalized spacial score (nSPS) is 12.1. The number of carbonyl (C=O) groups excluding carboxylic acids is 1. The van der Waals surface area contributed by atoms with Gasteiger partial charge in [0, 0.05) is 21.4 Å². The summed E-state index contributed by atoms with van der Waals surface area (Å²) < 4.78 is 25.0. The molecular formula is C15H12ClFO2S. The van der Waals surface area contributed by atoms with Gasteiger partial charge in [-0.1, -0.05) is 41.9 Å². The lowest BCUT2D eigenvalue weighted by molar-refractivity contribution is 0.102. The number of carbonyl (C=O) groups is 1. The molecule has 2 aromatic rings. The molecule has 0 saturated heterocycles. The van der Waals surface area contributed by atoms with E-state index in [1.54, 1.807) is 24.3 Å². The zero-order valence-corrected chi connectivity index (χ0v) is 12.1. The molecule has 0 fully saturated rings. The fraction of sp³-hybridized carbons (Fsp3) is 0.133. The van der Waals surface area contributed by atoms with Crippen LogP contribution in [0.15, 0.2) is 48.5 Å². The highest BCUT2D eigenvalue weighted by atomic mass is 35.5. The molecule has 5 heteroatoms. The van der Waals surface area contributed by atoms with E-state index in [1.165, 1.54) is 18.2 Å². The van der Waals surface area contributed by atoms with E-state index in [1.807, 2.05) is 0 Å². The molecule has 0 heterocycles. The first-order chi connectivity index (χ1) is 9.56. The van der Waals surface area contributed by atoms with Crippen LogP contribution >= 0.6 is 11.6 Å². The van der Waals surface area contributed by atoms with E-state index < -0.39 is 16.6 Å². The second-order valence-corrected chi connectivity index (χ2v) is 6.12. The van der Waals surface area contributed by atoms with Crippen LogP contribution in [0.1, 0.15) is 15.9 Å². The van der Waals surface area contributed by atoms with Crippen LogP contribution in [0.3, 0.4) is 0 Å². The third-order valence-corrected chi connectivity index (χ3v) is 4.30. The van der Waals surface area contributed by atoms with E-state index in [-0.39, 0.29) is 22.9 Å². The maximum Gasteiger partial charge on any atom is 0.175 e. The highest BCUT2D eigenvalue weighted by molar-refractivity contribution is 7.85. The summed E-state index contributed by atoms with van der Waals surface area (Å²) in [6.45, 7) is 0. The summed E-state index contributed by atoms with van der Waals surface area (Å²) in [6.07, 6.45) is 0. The van der Waals surface area contributed by atoms with Gasteiger partial charge in [-0.05, 0) is 23.8 Å². The standard InChI is InChI=1S/C15H12ClFO2S/c16-14-7-2-1-4-12(14)9-20(19)10-15(18)11-5-3-6-13(17)8-11/h1-8H,9-10H2. The Bertz CT molecular complexity index is 658. The molecular weight excluding hydrogens is 299 g/mol. The third kappa shape index (κ3) is 3.99. The molecule has 20 heavy (non-hydrogen) atoms. The Morgan fingerprint density at radius 1 is 1.15 bits per heavy atom. The van der Waals surface area contributed by atoms with Gasteiger partial charge in [0.15, 0.2) is 5.78 Å². The molecule has 0 saturated carbocycles. The van der Waals surface area contributed by atoms with Crippen molar-refractivity contribution in [3.63, 3.8) is 0 Å². The average molecular weight is 311 g/mol. The van der Waals surface area contributed by atoms with Gasteiger partial charge in [-0.25, -0.2) is 4.39 Å². The van der Waals surface area contributed by atoms with Gasteiger partial charge in [0.2, 0.25) is 0 Å². The van der Waals surface area contributed by atoms with Gasteiger partial charge in [-0.3, -0.25) is 9.00 Å². The summed E-state index contributed by atoms with van der Waals surface area (Å²) in [4.78, 5) is 11.9. The minimum atomic E-state index is -1.37. The number of Topliss-reactive ketones (excluding diaryl/α,β-unsaturated/α-hetero) is 1. The molecule has 0 aromatic heterocycles. The predicted molar refractivity (Wildman–Crippen MR) is 78.9 cm³/mol. The summed E-state index contributed by atoms with van der Waals surface area (Å²) in [5.74, 6) is -0.752. The first-order valence-electron chi connectivity index (χ1n) is 5.93. The van der Waals surface area contributed by atoms with Crippen molar-refractivity contribution < 1.29 is 13.4 Å². The molecule has 0 amide bonds. The van der Waals surface area contributed by atoms with Crippen LogP contribution in [-0.2, 0) is 16.6 Å². The van der Waals surface area contributed by atoms with Crippen molar-refractivity contribution in [1.29, 1.82) is 0 Å². The van der Waals surface area contributed by atoms with E-state index in [9.17, 15) is 13.4 Å². The van der Waals surface area contributed by atoms with Crippen molar-refractivity contribution in [3.8, 4) is 0 Å². The summed E-state index contributed by atoms with van der Waals surface area (Å²) in [6, 6.07) is 12.4. The number of hydrogen-bond acceptors (Lipinski definition) is 2. The SMILES string of the molecule is O=C(CS(=O)Cc1ccccc1Cl)c1cccc(F)c1. The minimum absolute atomic E-state index is 0.144. The van der Waals surface area contributed by atoms with Gasteiger partial charge in [0.05, 0.1) is 11.5 Å². The van der Waals surface area contributed by atoms with E-state index >= 15 is 0 Å². The largest absolute Gasteiger partial charge is 0.293 e. The first kappa shape index (κ1) is 14.9. The van der Waals surface area contributed by atoms with Gasteiger partial charge < -0.3 is 0 Å². The second-order valence-electron chi connectivity index (χ2n) is 4.25. The molecule has 2 rings (SSSR count). The Kier molecular flexibility index (Phi) is 5.04. The van der Waals surface area contributed by atoms with Crippen LogP contribution in [0.25, 0.3) is 0 Å². The van der Waals surface area contributed by atoms with Crippen LogP contribution in [0.5, 0.6) is 0 Å². The Morgan fingerprint density at radius 2 is 1.90 bits per heavy atom. The number of benzene rings is 2. The fourth-order valence-corrected chi connectivity index (χ4v) is 3.17. The van der Waals surface area contributed by atoms with Crippen molar-refractivity contribution in [1.82, 2.24) is 0 Å².